The molecule has 3 fully saturated rings. The summed E-state index contributed by atoms with van der Waals surface area (Å²) in [4.78, 5) is 21.4. The number of carbonyl (C=O) groups excluding carboxylic acids is 1. The van der Waals surface area contributed by atoms with E-state index in [-0.39, 0.29) is 11.9 Å². The van der Waals surface area contributed by atoms with Crippen LogP contribution in [0, 0.1) is 11.8 Å². The summed E-state index contributed by atoms with van der Waals surface area (Å²) in [5, 5.41) is 0. The molecule has 0 radical (unpaired) electrons. The average Bonchev–Trinajstić information content (AvgIpc) is 3.26. The fourth-order valence-electron chi connectivity index (χ4n) is 4.30. The van der Waals surface area contributed by atoms with E-state index in [0.29, 0.717) is 17.4 Å². The molecule has 5 heteroatoms. The fourth-order valence-corrected chi connectivity index (χ4v) is 4.30. The zero-order valence-corrected chi connectivity index (χ0v) is 12.9. The largest absolute Gasteiger partial charge is 0.357 e. The van der Waals surface area contributed by atoms with Crippen LogP contribution in [0.15, 0.2) is 18.3 Å². The highest BCUT2D eigenvalue weighted by atomic mass is 16.2. The molecule has 1 amide bonds. The molecule has 0 spiro atoms. The number of likely N-dealkylation sites (tertiary alicyclic amines) is 1. The van der Waals surface area contributed by atoms with Gasteiger partial charge in [0.05, 0.1) is 5.56 Å². The molecular weight excluding hydrogens is 276 g/mol. The Morgan fingerprint density at radius 1 is 1.18 bits per heavy atom. The van der Waals surface area contributed by atoms with Crippen molar-refractivity contribution in [3.8, 4) is 0 Å². The first-order valence-electron chi connectivity index (χ1n) is 8.48. The predicted molar refractivity (Wildman–Crippen MR) is 85.8 cm³/mol. The van der Waals surface area contributed by atoms with Gasteiger partial charge < -0.3 is 15.5 Å². The number of amides is 1. The Bertz CT molecular complexity index is 552. The summed E-state index contributed by atoms with van der Waals surface area (Å²) < 4.78 is 0. The van der Waals surface area contributed by atoms with Crippen LogP contribution in [0.1, 0.15) is 36.0 Å². The van der Waals surface area contributed by atoms with E-state index < -0.39 is 0 Å². The molecule has 1 aliphatic carbocycles. The van der Waals surface area contributed by atoms with Crippen molar-refractivity contribution in [3.63, 3.8) is 0 Å². The molecule has 0 aromatic carbocycles. The highest BCUT2D eigenvalue weighted by Crippen LogP contribution is 2.37. The average molecular weight is 300 g/mol. The van der Waals surface area contributed by atoms with Gasteiger partial charge in [-0.1, -0.05) is 0 Å². The number of carbonyl (C=O) groups is 1. The Morgan fingerprint density at radius 3 is 2.68 bits per heavy atom. The lowest BCUT2D eigenvalue weighted by Gasteiger charge is -2.20. The number of hydrogen-bond donors (Lipinski definition) is 1. The smallest absolute Gasteiger partial charge is 0.255 e. The molecule has 5 nitrogen and oxygen atoms in total. The number of hydrogen-bond acceptors (Lipinski definition) is 4. The standard InChI is InChI=1S/C17H24N4O/c18-15-5-3-13-10-21(11-14(13)15)17(22)12-4-6-16(19-9-12)20-7-1-2-8-20/h4,6,9,13-15H,1-3,5,7-8,10-11,18H2. The van der Waals surface area contributed by atoms with Crippen LogP contribution in [0.5, 0.6) is 0 Å². The Labute approximate surface area is 131 Å². The molecule has 1 aromatic heterocycles. The van der Waals surface area contributed by atoms with Crippen LogP contribution in [0.4, 0.5) is 5.82 Å². The van der Waals surface area contributed by atoms with Crippen LogP contribution < -0.4 is 10.6 Å². The number of nitrogens with zero attached hydrogens (tertiary/aromatic N) is 3. The van der Waals surface area contributed by atoms with Crippen molar-refractivity contribution in [2.24, 2.45) is 17.6 Å². The summed E-state index contributed by atoms with van der Waals surface area (Å²) in [6.45, 7) is 3.84. The number of rotatable bonds is 2. The second kappa shape index (κ2) is 5.54. The molecule has 4 rings (SSSR count). The second-order valence-corrected chi connectivity index (χ2v) is 6.97. The van der Waals surface area contributed by atoms with E-state index in [1.54, 1.807) is 6.20 Å². The zero-order chi connectivity index (χ0) is 15.1. The molecule has 3 heterocycles. The first-order valence-corrected chi connectivity index (χ1v) is 8.48. The minimum atomic E-state index is 0.113. The van der Waals surface area contributed by atoms with Gasteiger partial charge in [0.15, 0.2) is 0 Å². The third-order valence-corrected chi connectivity index (χ3v) is 5.62. The van der Waals surface area contributed by atoms with Gasteiger partial charge in [0.2, 0.25) is 0 Å². The van der Waals surface area contributed by atoms with E-state index in [4.69, 9.17) is 5.73 Å². The van der Waals surface area contributed by atoms with Crippen LogP contribution in [0.2, 0.25) is 0 Å². The van der Waals surface area contributed by atoms with E-state index in [9.17, 15) is 4.79 Å². The molecule has 2 aliphatic heterocycles. The van der Waals surface area contributed by atoms with Crippen molar-refractivity contribution in [3.05, 3.63) is 23.9 Å². The Hall–Kier alpha value is -1.62. The topological polar surface area (TPSA) is 62.5 Å². The van der Waals surface area contributed by atoms with Crippen molar-refractivity contribution >= 4 is 11.7 Å². The van der Waals surface area contributed by atoms with Crippen molar-refractivity contribution in [2.75, 3.05) is 31.1 Å². The minimum Gasteiger partial charge on any atom is -0.357 e. The number of fused-ring (bicyclic) bond motifs is 1. The van der Waals surface area contributed by atoms with E-state index in [1.165, 1.54) is 19.3 Å². The highest BCUT2D eigenvalue weighted by molar-refractivity contribution is 5.94. The lowest BCUT2D eigenvalue weighted by atomic mass is 9.98. The molecule has 0 bridgehead atoms. The maximum atomic E-state index is 12.6. The molecule has 3 atom stereocenters. The van der Waals surface area contributed by atoms with Crippen LogP contribution >= 0.6 is 0 Å². The first kappa shape index (κ1) is 14.0. The van der Waals surface area contributed by atoms with Crippen LogP contribution in [-0.2, 0) is 0 Å². The molecule has 1 aromatic rings. The summed E-state index contributed by atoms with van der Waals surface area (Å²) >= 11 is 0. The predicted octanol–water partition coefficient (Wildman–Crippen LogP) is 1.49. The lowest BCUT2D eigenvalue weighted by Crippen LogP contribution is -2.33. The van der Waals surface area contributed by atoms with Gasteiger partial charge in [-0.25, -0.2) is 4.98 Å². The first-order chi connectivity index (χ1) is 10.7. The normalized spacial score (nSPS) is 30.9. The molecule has 3 aliphatic rings. The van der Waals surface area contributed by atoms with Crippen LogP contribution in [-0.4, -0.2) is 48.0 Å². The van der Waals surface area contributed by atoms with Crippen molar-refractivity contribution in [1.29, 1.82) is 0 Å². The summed E-state index contributed by atoms with van der Waals surface area (Å²) in [6.07, 6.45) is 6.49. The zero-order valence-electron chi connectivity index (χ0n) is 12.9. The third kappa shape index (κ3) is 2.37. The van der Waals surface area contributed by atoms with Gasteiger partial charge >= 0.3 is 0 Å². The summed E-state index contributed by atoms with van der Waals surface area (Å²) in [5.74, 6) is 2.22. The monoisotopic (exact) mass is 300 g/mol. The van der Waals surface area contributed by atoms with Crippen LogP contribution in [0.25, 0.3) is 0 Å². The Kier molecular flexibility index (Phi) is 3.53. The molecule has 118 valence electrons. The van der Waals surface area contributed by atoms with Gasteiger partial charge in [0, 0.05) is 38.4 Å². The summed E-state index contributed by atoms with van der Waals surface area (Å²) in [6, 6.07) is 4.19. The SMILES string of the molecule is NC1CCC2CN(C(=O)c3ccc(N4CCCC4)nc3)CC12. The maximum Gasteiger partial charge on any atom is 0.255 e. The molecule has 2 N–H and O–H groups in total. The Morgan fingerprint density at radius 2 is 2.00 bits per heavy atom. The van der Waals surface area contributed by atoms with Gasteiger partial charge in [-0.3, -0.25) is 4.79 Å². The van der Waals surface area contributed by atoms with Gasteiger partial charge in [-0.15, -0.1) is 0 Å². The van der Waals surface area contributed by atoms with Gasteiger partial charge in [0.25, 0.3) is 5.91 Å². The lowest BCUT2D eigenvalue weighted by molar-refractivity contribution is 0.0779. The van der Waals surface area contributed by atoms with Crippen LogP contribution in [0.3, 0.4) is 0 Å². The van der Waals surface area contributed by atoms with Crippen molar-refractivity contribution in [1.82, 2.24) is 9.88 Å². The number of anilines is 1. The van der Waals surface area contributed by atoms with Gasteiger partial charge in [-0.2, -0.15) is 0 Å². The van der Waals surface area contributed by atoms with E-state index in [1.807, 2.05) is 17.0 Å². The minimum absolute atomic E-state index is 0.113. The Balaban J connectivity index is 1.44. The van der Waals surface area contributed by atoms with E-state index in [2.05, 4.69) is 9.88 Å². The number of pyridine rings is 1. The molecule has 1 saturated carbocycles. The molecule has 2 saturated heterocycles. The number of nitrogens with two attached hydrogens (primary N) is 1. The fraction of sp³-hybridized carbons (Fsp3) is 0.647. The summed E-state index contributed by atoms with van der Waals surface area (Å²) in [5.41, 5.74) is 6.86. The van der Waals surface area contributed by atoms with Crippen molar-refractivity contribution < 1.29 is 4.79 Å². The van der Waals surface area contributed by atoms with Gasteiger partial charge in [-0.05, 0) is 49.7 Å². The quantitative estimate of drug-likeness (QED) is 0.899. The highest BCUT2D eigenvalue weighted by Gasteiger charge is 2.42. The van der Waals surface area contributed by atoms with Crippen molar-refractivity contribution in [2.45, 2.75) is 31.7 Å². The third-order valence-electron chi connectivity index (χ3n) is 5.62. The second-order valence-electron chi connectivity index (χ2n) is 6.97. The molecule has 3 unspecified atom stereocenters. The van der Waals surface area contributed by atoms with Gasteiger partial charge in [0.1, 0.15) is 5.82 Å². The summed E-state index contributed by atoms with van der Waals surface area (Å²) in [7, 11) is 0. The maximum absolute atomic E-state index is 12.6. The number of aromatic nitrogens is 1. The molecular formula is C17H24N4O. The van der Waals surface area contributed by atoms with E-state index in [0.717, 1.165) is 38.4 Å². The van der Waals surface area contributed by atoms with E-state index >= 15 is 0 Å². The molecule has 22 heavy (non-hydrogen) atoms.